The average Bonchev–Trinajstić information content (AvgIpc) is 2.93. The maximum absolute atomic E-state index is 13.0. The van der Waals surface area contributed by atoms with Crippen molar-refractivity contribution in [2.24, 2.45) is 0 Å². The predicted octanol–water partition coefficient (Wildman–Crippen LogP) is 4.66. The third-order valence-electron chi connectivity index (χ3n) is 6.28. The molecule has 3 aromatic carbocycles. The van der Waals surface area contributed by atoms with Gasteiger partial charge in [-0.15, -0.1) is 11.8 Å². The van der Waals surface area contributed by atoms with Gasteiger partial charge in [-0.1, -0.05) is 6.42 Å². The van der Waals surface area contributed by atoms with Crippen LogP contribution in [0.3, 0.4) is 0 Å². The molecule has 1 aliphatic rings. The Bertz CT molecular complexity index is 1450. The molecular weight excluding hydrogens is 531 g/mol. The van der Waals surface area contributed by atoms with E-state index >= 15 is 0 Å². The number of carbonyl (C=O) groups excluding carboxylic acids is 1. The molecule has 1 amide bonds. The lowest BCUT2D eigenvalue weighted by molar-refractivity contribution is 0.102. The summed E-state index contributed by atoms with van der Waals surface area (Å²) in [6.07, 6.45) is 4.68. The number of hydrogen-bond donors (Lipinski definition) is 1. The van der Waals surface area contributed by atoms with Crippen molar-refractivity contribution in [3.05, 3.63) is 78.4 Å². The average molecular weight is 560 g/mol. The molecule has 37 heavy (non-hydrogen) atoms. The number of amides is 1. The first-order valence-electron chi connectivity index (χ1n) is 11.8. The third-order valence-corrected chi connectivity index (χ3v) is 10.7. The topological polar surface area (TPSA) is 104 Å². The number of rotatable bonds is 8. The maximum Gasteiger partial charge on any atom is 0.264 e. The van der Waals surface area contributed by atoms with Crippen molar-refractivity contribution in [2.45, 2.75) is 33.9 Å². The van der Waals surface area contributed by atoms with Crippen LogP contribution in [0.1, 0.15) is 29.6 Å². The molecule has 8 nitrogen and oxygen atoms in total. The molecule has 196 valence electrons. The first-order valence-corrected chi connectivity index (χ1v) is 15.9. The molecule has 0 unspecified atom stereocenters. The van der Waals surface area contributed by atoms with Gasteiger partial charge in [-0.25, -0.2) is 16.8 Å². The summed E-state index contributed by atoms with van der Waals surface area (Å²) in [6, 6.07) is 19.0. The summed E-state index contributed by atoms with van der Waals surface area (Å²) in [6.45, 7) is 1.05. The molecule has 0 spiro atoms. The summed E-state index contributed by atoms with van der Waals surface area (Å²) in [5, 5.41) is 2.75. The Labute approximate surface area is 222 Å². The van der Waals surface area contributed by atoms with E-state index in [0.29, 0.717) is 30.0 Å². The molecule has 1 saturated heterocycles. The van der Waals surface area contributed by atoms with E-state index in [9.17, 15) is 21.6 Å². The second-order valence-electron chi connectivity index (χ2n) is 8.64. The number of piperidine rings is 1. The molecule has 0 radical (unpaired) electrons. The van der Waals surface area contributed by atoms with E-state index in [0.717, 1.165) is 24.2 Å². The van der Waals surface area contributed by atoms with Crippen LogP contribution in [0.2, 0.25) is 0 Å². The fourth-order valence-electron chi connectivity index (χ4n) is 4.04. The number of nitrogens with one attached hydrogen (secondary N) is 1. The zero-order valence-electron chi connectivity index (χ0n) is 20.6. The SMILES string of the molecule is CSc1ccc(S(=O)(=O)N(C)c2ccc(C(=O)Nc3ccc(S(=O)(=O)N4CCCCC4)cc3)cc2)cc1. The van der Waals surface area contributed by atoms with E-state index < -0.39 is 26.0 Å². The number of hydrogen-bond acceptors (Lipinski definition) is 6. The Morgan fingerprint density at radius 2 is 1.38 bits per heavy atom. The highest BCUT2D eigenvalue weighted by molar-refractivity contribution is 7.98. The van der Waals surface area contributed by atoms with E-state index in [4.69, 9.17) is 0 Å². The summed E-state index contributed by atoms with van der Waals surface area (Å²) in [5.41, 5.74) is 1.21. The minimum Gasteiger partial charge on any atom is -0.322 e. The first kappa shape index (κ1) is 27.2. The lowest BCUT2D eigenvalue weighted by Gasteiger charge is -2.25. The monoisotopic (exact) mass is 559 g/mol. The molecule has 1 fully saturated rings. The van der Waals surface area contributed by atoms with Crippen LogP contribution >= 0.6 is 11.8 Å². The zero-order chi connectivity index (χ0) is 26.6. The summed E-state index contributed by atoms with van der Waals surface area (Å²) in [7, 11) is -5.83. The standard InChI is InChI=1S/C26H29N3O5S3/c1-28(36(31,32)24-16-12-23(35-2)13-17-24)22-10-6-20(7-11-22)26(30)27-21-8-14-25(15-9-21)37(33,34)29-18-4-3-5-19-29/h6-17H,3-5,18-19H2,1-2H3,(H,27,30). The summed E-state index contributed by atoms with van der Waals surface area (Å²) in [5.74, 6) is -0.392. The summed E-state index contributed by atoms with van der Waals surface area (Å²) in [4.78, 5) is 14.1. The van der Waals surface area contributed by atoms with Crippen LogP contribution in [-0.4, -0.2) is 53.4 Å². The van der Waals surface area contributed by atoms with Crippen molar-refractivity contribution in [1.29, 1.82) is 0 Å². The minimum absolute atomic E-state index is 0.181. The van der Waals surface area contributed by atoms with Crippen LogP contribution in [0.5, 0.6) is 0 Å². The van der Waals surface area contributed by atoms with Gasteiger partial charge in [-0.2, -0.15) is 4.31 Å². The van der Waals surface area contributed by atoms with Crippen molar-refractivity contribution in [3.63, 3.8) is 0 Å². The normalized spacial score (nSPS) is 14.8. The molecular formula is C26H29N3O5S3. The Morgan fingerprint density at radius 3 is 1.95 bits per heavy atom. The van der Waals surface area contributed by atoms with Gasteiger partial charge in [-0.3, -0.25) is 9.10 Å². The van der Waals surface area contributed by atoms with Crippen LogP contribution in [0.4, 0.5) is 11.4 Å². The molecule has 0 bridgehead atoms. The highest BCUT2D eigenvalue weighted by Crippen LogP contribution is 2.25. The lowest BCUT2D eigenvalue weighted by atomic mass is 10.2. The highest BCUT2D eigenvalue weighted by atomic mass is 32.2. The van der Waals surface area contributed by atoms with Gasteiger partial charge in [-0.05, 0) is 91.9 Å². The van der Waals surface area contributed by atoms with Gasteiger partial charge in [0.15, 0.2) is 0 Å². The van der Waals surface area contributed by atoms with Gasteiger partial charge in [0, 0.05) is 36.3 Å². The quantitative estimate of drug-likeness (QED) is 0.403. The smallest absolute Gasteiger partial charge is 0.264 e. The van der Waals surface area contributed by atoms with E-state index in [-0.39, 0.29) is 9.79 Å². The fraction of sp³-hybridized carbons (Fsp3) is 0.269. The molecule has 0 atom stereocenters. The van der Waals surface area contributed by atoms with Crippen LogP contribution in [0, 0.1) is 0 Å². The van der Waals surface area contributed by atoms with E-state index in [1.807, 2.05) is 6.26 Å². The highest BCUT2D eigenvalue weighted by Gasteiger charge is 2.26. The number of sulfonamides is 2. The molecule has 3 aromatic rings. The summed E-state index contributed by atoms with van der Waals surface area (Å²) >= 11 is 1.53. The zero-order valence-corrected chi connectivity index (χ0v) is 23.1. The maximum atomic E-state index is 13.0. The van der Waals surface area contributed by atoms with Crippen LogP contribution < -0.4 is 9.62 Å². The Morgan fingerprint density at radius 1 is 0.811 bits per heavy atom. The Hall–Kier alpha value is -2.86. The van der Waals surface area contributed by atoms with E-state index in [2.05, 4.69) is 5.32 Å². The van der Waals surface area contributed by atoms with Gasteiger partial charge in [0.25, 0.3) is 15.9 Å². The van der Waals surface area contributed by atoms with Gasteiger partial charge >= 0.3 is 0 Å². The second-order valence-corrected chi connectivity index (χ2v) is 13.4. The van der Waals surface area contributed by atoms with E-state index in [1.54, 1.807) is 60.7 Å². The van der Waals surface area contributed by atoms with Crippen molar-refractivity contribution in [3.8, 4) is 0 Å². The molecule has 11 heteroatoms. The van der Waals surface area contributed by atoms with Crippen molar-refractivity contribution >= 4 is 49.1 Å². The third kappa shape index (κ3) is 6.01. The largest absolute Gasteiger partial charge is 0.322 e. The first-order chi connectivity index (χ1) is 17.6. The Kier molecular flexibility index (Phi) is 8.27. The van der Waals surface area contributed by atoms with Gasteiger partial charge in [0.05, 0.1) is 15.5 Å². The van der Waals surface area contributed by atoms with Crippen LogP contribution in [0.25, 0.3) is 0 Å². The van der Waals surface area contributed by atoms with Crippen LogP contribution in [-0.2, 0) is 20.0 Å². The number of carbonyl (C=O) groups is 1. The number of anilines is 2. The molecule has 1 heterocycles. The lowest BCUT2D eigenvalue weighted by Crippen LogP contribution is -2.35. The molecule has 0 aliphatic carbocycles. The van der Waals surface area contributed by atoms with Crippen molar-refractivity contribution < 1.29 is 21.6 Å². The number of nitrogens with zero attached hydrogens (tertiary/aromatic N) is 2. The van der Waals surface area contributed by atoms with E-state index in [1.165, 1.54) is 39.6 Å². The Balaban J connectivity index is 1.42. The minimum atomic E-state index is -3.75. The van der Waals surface area contributed by atoms with Gasteiger partial charge in [0.2, 0.25) is 10.0 Å². The fourth-order valence-corrected chi connectivity index (χ4v) is 7.16. The van der Waals surface area contributed by atoms with Gasteiger partial charge < -0.3 is 5.32 Å². The van der Waals surface area contributed by atoms with Crippen LogP contribution in [0.15, 0.2) is 87.5 Å². The molecule has 0 saturated carbocycles. The molecule has 1 aliphatic heterocycles. The molecule has 1 N–H and O–H groups in total. The number of benzene rings is 3. The van der Waals surface area contributed by atoms with Crippen molar-refractivity contribution in [1.82, 2.24) is 4.31 Å². The van der Waals surface area contributed by atoms with Crippen molar-refractivity contribution in [2.75, 3.05) is 36.0 Å². The van der Waals surface area contributed by atoms with Gasteiger partial charge in [0.1, 0.15) is 0 Å². The second kappa shape index (κ2) is 11.3. The molecule has 4 rings (SSSR count). The predicted molar refractivity (Wildman–Crippen MR) is 147 cm³/mol. The molecule has 0 aromatic heterocycles. The number of thioether (sulfide) groups is 1. The summed E-state index contributed by atoms with van der Waals surface area (Å²) < 4.78 is 54.3.